The molecule has 0 saturated heterocycles. The van der Waals surface area contributed by atoms with Gasteiger partial charge in [-0.15, -0.1) is 0 Å². The molecule has 2 aromatic carbocycles. The van der Waals surface area contributed by atoms with Gasteiger partial charge in [0.05, 0.1) is 14.2 Å². The van der Waals surface area contributed by atoms with E-state index >= 15 is 0 Å². The number of hydrogen-bond acceptors (Lipinski definition) is 4. The second kappa shape index (κ2) is 6.56. The average Bonchev–Trinajstić information content (AvgIpc) is 2.54. The predicted octanol–water partition coefficient (Wildman–Crippen LogP) is 2.77. The number of amides is 1. The van der Waals surface area contributed by atoms with Crippen molar-refractivity contribution in [3.8, 4) is 11.5 Å². The van der Waals surface area contributed by atoms with Gasteiger partial charge in [0.15, 0.2) is 0 Å². The molecule has 0 bridgehead atoms. The molecule has 21 heavy (non-hydrogen) atoms. The molecule has 2 aromatic rings. The number of hydrogen-bond donors (Lipinski definition) is 1. The summed E-state index contributed by atoms with van der Waals surface area (Å²) in [5.41, 5.74) is 1.45. The van der Waals surface area contributed by atoms with Crippen molar-refractivity contribution < 1.29 is 19.1 Å². The lowest BCUT2D eigenvalue weighted by molar-refractivity contribution is 0.102. The summed E-state index contributed by atoms with van der Waals surface area (Å²) in [5, 5.41) is 2.73. The van der Waals surface area contributed by atoms with Gasteiger partial charge in [0.1, 0.15) is 17.8 Å². The van der Waals surface area contributed by atoms with Gasteiger partial charge in [-0.3, -0.25) is 9.59 Å². The molecule has 1 N–H and O–H groups in total. The third-order valence-corrected chi connectivity index (χ3v) is 2.89. The van der Waals surface area contributed by atoms with Crippen LogP contribution in [0, 0.1) is 0 Å². The molecule has 0 spiro atoms. The molecule has 0 aliphatic heterocycles. The summed E-state index contributed by atoms with van der Waals surface area (Å²) < 4.78 is 10.3. The van der Waals surface area contributed by atoms with Gasteiger partial charge in [0.25, 0.3) is 5.91 Å². The van der Waals surface area contributed by atoms with Crippen LogP contribution in [0.25, 0.3) is 0 Å². The number of ether oxygens (including phenoxy) is 2. The SMILES string of the molecule is COc1cc(OC)cc(C(=O)Nc2cccc(C=O)c2)c1. The van der Waals surface area contributed by atoms with Crippen LogP contribution >= 0.6 is 0 Å². The van der Waals surface area contributed by atoms with Gasteiger partial charge in [0, 0.05) is 22.9 Å². The van der Waals surface area contributed by atoms with E-state index in [1.165, 1.54) is 14.2 Å². The minimum atomic E-state index is -0.310. The van der Waals surface area contributed by atoms with Crippen molar-refractivity contribution in [3.63, 3.8) is 0 Å². The summed E-state index contributed by atoms with van der Waals surface area (Å²) >= 11 is 0. The summed E-state index contributed by atoms with van der Waals surface area (Å²) in [6, 6.07) is 11.6. The molecule has 0 unspecified atom stereocenters. The highest BCUT2D eigenvalue weighted by Gasteiger charge is 2.10. The van der Waals surface area contributed by atoms with E-state index in [-0.39, 0.29) is 5.91 Å². The molecule has 1 amide bonds. The number of rotatable bonds is 5. The Balaban J connectivity index is 2.25. The topological polar surface area (TPSA) is 64.6 Å². The van der Waals surface area contributed by atoms with Crippen molar-refractivity contribution in [2.24, 2.45) is 0 Å². The first-order chi connectivity index (χ1) is 10.2. The van der Waals surface area contributed by atoms with Crippen LogP contribution in [0.3, 0.4) is 0 Å². The molecule has 0 radical (unpaired) electrons. The predicted molar refractivity (Wildman–Crippen MR) is 79.3 cm³/mol. The molecule has 108 valence electrons. The van der Waals surface area contributed by atoms with Gasteiger partial charge in [-0.25, -0.2) is 0 Å². The number of aldehydes is 1. The maximum atomic E-state index is 12.2. The normalized spacial score (nSPS) is 9.81. The van der Waals surface area contributed by atoms with Gasteiger partial charge in [-0.05, 0) is 24.3 Å². The molecule has 0 aliphatic carbocycles. The zero-order valence-corrected chi connectivity index (χ0v) is 11.8. The second-order valence-electron chi connectivity index (χ2n) is 4.30. The van der Waals surface area contributed by atoms with Gasteiger partial charge in [-0.1, -0.05) is 12.1 Å². The van der Waals surface area contributed by atoms with E-state index < -0.39 is 0 Å². The van der Waals surface area contributed by atoms with Crippen LogP contribution in [-0.4, -0.2) is 26.4 Å². The van der Waals surface area contributed by atoms with Crippen molar-refractivity contribution in [2.45, 2.75) is 0 Å². The van der Waals surface area contributed by atoms with E-state index in [9.17, 15) is 9.59 Å². The van der Waals surface area contributed by atoms with Crippen LogP contribution in [0.1, 0.15) is 20.7 Å². The summed E-state index contributed by atoms with van der Waals surface area (Å²) in [6.45, 7) is 0. The van der Waals surface area contributed by atoms with Crippen LogP contribution in [0.4, 0.5) is 5.69 Å². The molecule has 0 saturated carbocycles. The van der Waals surface area contributed by atoms with E-state index in [0.717, 1.165) is 6.29 Å². The lowest BCUT2D eigenvalue weighted by Crippen LogP contribution is -2.12. The minimum absolute atomic E-state index is 0.310. The van der Waals surface area contributed by atoms with Gasteiger partial charge < -0.3 is 14.8 Å². The number of carbonyl (C=O) groups is 2. The average molecular weight is 285 g/mol. The summed E-state index contributed by atoms with van der Waals surface area (Å²) in [6.07, 6.45) is 0.726. The number of anilines is 1. The van der Waals surface area contributed by atoms with Crippen LogP contribution in [0.15, 0.2) is 42.5 Å². The molecule has 0 atom stereocenters. The van der Waals surface area contributed by atoms with Gasteiger partial charge in [0.2, 0.25) is 0 Å². The zero-order valence-electron chi connectivity index (χ0n) is 11.8. The minimum Gasteiger partial charge on any atom is -0.497 e. The highest BCUT2D eigenvalue weighted by molar-refractivity contribution is 6.05. The largest absolute Gasteiger partial charge is 0.497 e. The summed E-state index contributed by atoms with van der Waals surface area (Å²) in [4.78, 5) is 23.0. The Kier molecular flexibility index (Phi) is 4.56. The lowest BCUT2D eigenvalue weighted by Gasteiger charge is -2.09. The van der Waals surface area contributed by atoms with Crippen molar-refractivity contribution in [1.82, 2.24) is 0 Å². The molecule has 0 heterocycles. The monoisotopic (exact) mass is 285 g/mol. The molecule has 0 aromatic heterocycles. The Morgan fingerprint density at radius 1 is 1.05 bits per heavy atom. The maximum absolute atomic E-state index is 12.2. The van der Waals surface area contributed by atoms with Gasteiger partial charge >= 0.3 is 0 Å². The van der Waals surface area contributed by atoms with Crippen LogP contribution in [-0.2, 0) is 0 Å². The van der Waals surface area contributed by atoms with Crippen molar-refractivity contribution >= 4 is 17.9 Å². The third kappa shape index (κ3) is 3.60. The zero-order chi connectivity index (χ0) is 15.2. The Labute approximate surface area is 122 Å². The standard InChI is InChI=1S/C16H15NO4/c1-20-14-7-12(8-15(9-14)21-2)16(19)17-13-5-3-4-11(6-13)10-18/h3-10H,1-2H3,(H,17,19). The van der Waals surface area contributed by atoms with Crippen LogP contribution < -0.4 is 14.8 Å². The van der Waals surface area contributed by atoms with E-state index in [1.807, 2.05) is 0 Å². The molecule has 0 aliphatic rings. The van der Waals surface area contributed by atoms with Crippen molar-refractivity contribution in [2.75, 3.05) is 19.5 Å². The fourth-order valence-electron chi connectivity index (χ4n) is 1.83. The first-order valence-electron chi connectivity index (χ1n) is 6.26. The quantitative estimate of drug-likeness (QED) is 0.858. The molecule has 5 nitrogen and oxygen atoms in total. The molecular weight excluding hydrogens is 270 g/mol. The number of carbonyl (C=O) groups excluding carboxylic acids is 2. The molecule has 2 rings (SSSR count). The molecule has 5 heteroatoms. The first kappa shape index (κ1) is 14.6. The second-order valence-corrected chi connectivity index (χ2v) is 4.30. The molecule has 0 fully saturated rings. The Hall–Kier alpha value is -2.82. The van der Waals surface area contributed by atoms with E-state index in [1.54, 1.807) is 42.5 Å². The first-order valence-corrected chi connectivity index (χ1v) is 6.26. The third-order valence-electron chi connectivity index (χ3n) is 2.89. The highest BCUT2D eigenvalue weighted by Crippen LogP contribution is 2.23. The lowest BCUT2D eigenvalue weighted by atomic mass is 10.1. The number of methoxy groups -OCH3 is 2. The fraction of sp³-hybridized carbons (Fsp3) is 0.125. The highest BCUT2D eigenvalue weighted by atomic mass is 16.5. The van der Waals surface area contributed by atoms with Crippen LogP contribution in [0.2, 0.25) is 0 Å². The molecular formula is C16H15NO4. The van der Waals surface area contributed by atoms with E-state index in [0.29, 0.717) is 28.3 Å². The van der Waals surface area contributed by atoms with Crippen LogP contribution in [0.5, 0.6) is 11.5 Å². The Morgan fingerprint density at radius 2 is 1.71 bits per heavy atom. The van der Waals surface area contributed by atoms with E-state index in [4.69, 9.17) is 9.47 Å². The number of benzene rings is 2. The summed E-state index contributed by atoms with van der Waals surface area (Å²) in [5.74, 6) is 0.748. The smallest absolute Gasteiger partial charge is 0.255 e. The van der Waals surface area contributed by atoms with E-state index in [2.05, 4.69) is 5.32 Å². The maximum Gasteiger partial charge on any atom is 0.255 e. The van der Waals surface area contributed by atoms with Crippen molar-refractivity contribution in [1.29, 1.82) is 0 Å². The van der Waals surface area contributed by atoms with Gasteiger partial charge in [-0.2, -0.15) is 0 Å². The Bertz CT molecular complexity index is 645. The summed E-state index contributed by atoms with van der Waals surface area (Å²) in [7, 11) is 3.04. The fourth-order valence-corrected chi connectivity index (χ4v) is 1.83. The van der Waals surface area contributed by atoms with Crippen molar-refractivity contribution in [3.05, 3.63) is 53.6 Å². The number of nitrogens with one attached hydrogen (secondary N) is 1. The Morgan fingerprint density at radius 3 is 2.29 bits per heavy atom.